The van der Waals surface area contributed by atoms with Crippen molar-refractivity contribution in [1.82, 2.24) is 8.87 Å². The van der Waals surface area contributed by atoms with Crippen molar-refractivity contribution in [1.29, 1.82) is 0 Å². The van der Waals surface area contributed by atoms with Crippen LogP contribution in [0.15, 0.2) is 53.3 Å². The number of thiazole rings is 1. The van der Waals surface area contributed by atoms with Crippen LogP contribution in [0.5, 0.6) is 0 Å². The van der Waals surface area contributed by atoms with Crippen molar-refractivity contribution in [2.45, 2.75) is 51.2 Å². The van der Waals surface area contributed by atoms with Crippen LogP contribution >= 0.6 is 47.3 Å². The average molecular weight is 582 g/mol. The topological polar surface area (TPSA) is 65.8 Å². The Balaban J connectivity index is 1.41. The summed E-state index contributed by atoms with van der Waals surface area (Å²) in [4.78, 5) is 27.5. The van der Waals surface area contributed by atoms with Crippen molar-refractivity contribution < 1.29 is 9.90 Å². The number of carbonyl (C=O) groups is 1. The third-order valence-corrected chi connectivity index (χ3v) is 11.7. The molecule has 0 radical (unpaired) electrons. The molecule has 0 spiro atoms. The van der Waals surface area contributed by atoms with Gasteiger partial charge in [0.1, 0.15) is 15.4 Å². The second-order valence-corrected chi connectivity index (χ2v) is 13.6. The van der Waals surface area contributed by atoms with Gasteiger partial charge in [-0.05, 0) is 78.4 Å². The summed E-state index contributed by atoms with van der Waals surface area (Å²) in [6.45, 7) is 3.29. The molecule has 2 atom stereocenters. The van der Waals surface area contributed by atoms with Crippen LogP contribution < -0.4 is 19.7 Å². The Morgan fingerprint density at radius 1 is 1.18 bits per heavy atom. The summed E-state index contributed by atoms with van der Waals surface area (Å²) in [6, 6.07) is 17.6. The number of aliphatic carboxylic acids is 1. The van der Waals surface area contributed by atoms with Gasteiger partial charge in [0.2, 0.25) is 0 Å². The predicted molar refractivity (Wildman–Crippen MR) is 162 cm³/mol. The highest BCUT2D eigenvalue weighted by atomic mass is 32.2. The number of anilines is 1. The molecule has 10 heteroatoms. The monoisotopic (exact) mass is 581 g/mol. The number of carboxylic acid groups (broad SMARTS) is 1. The summed E-state index contributed by atoms with van der Waals surface area (Å²) in [5, 5.41) is 9.50. The molecule has 196 valence electrons. The third kappa shape index (κ3) is 4.72. The first-order valence-corrected chi connectivity index (χ1v) is 15.5. The van der Waals surface area contributed by atoms with Crippen LogP contribution in [0.1, 0.15) is 48.8 Å². The van der Waals surface area contributed by atoms with Crippen molar-refractivity contribution in [2.75, 3.05) is 11.4 Å². The Morgan fingerprint density at radius 2 is 2.00 bits per heavy atom. The first-order chi connectivity index (χ1) is 18.4. The molecule has 1 saturated heterocycles. The first kappa shape index (κ1) is 25.7. The summed E-state index contributed by atoms with van der Waals surface area (Å²) in [7, 11) is 0. The number of thiocarbonyl (C=S) groups is 1. The fraction of sp³-hybridized carbons (Fsp3) is 0.321. The molecule has 1 N–H and O–H groups in total. The van der Waals surface area contributed by atoms with Gasteiger partial charge in [0.05, 0.1) is 4.53 Å². The summed E-state index contributed by atoms with van der Waals surface area (Å²) < 4.78 is 6.14. The van der Waals surface area contributed by atoms with Gasteiger partial charge in [0, 0.05) is 30.7 Å². The van der Waals surface area contributed by atoms with Crippen molar-refractivity contribution in [3.05, 3.63) is 84.8 Å². The Hall–Kier alpha value is -2.53. The molecule has 1 saturated carbocycles. The van der Waals surface area contributed by atoms with E-state index >= 15 is 0 Å². The molecule has 2 aliphatic heterocycles. The van der Waals surface area contributed by atoms with Gasteiger partial charge >= 0.3 is 5.97 Å². The number of hydrogen-bond acceptors (Lipinski definition) is 7. The van der Waals surface area contributed by atoms with Crippen molar-refractivity contribution in [3.63, 3.8) is 0 Å². The van der Waals surface area contributed by atoms with E-state index in [-0.39, 0.29) is 12.1 Å². The molecule has 38 heavy (non-hydrogen) atoms. The summed E-state index contributed by atoms with van der Waals surface area (Å²) in [6.07, 6.45) is 5.53. The molecule has 2 aromatic carbocycles. The van der Waals surface area contributed by atoms with Crippen LogP contribution in [0, 0.1) is 0 Å². The molecule has 6 nitrogen and oxygen atoms in total. The van der Waals surface area contributed by atoms with Crippen LogP contribution in [-0.4, -0.2) is 36.9 Å². The average Bonchev–Trinajstić information content (AvgIpc) is 3.66. The molecule has 3 aromatic rings. The number of benzene rings is 2. The maximum Gasteiger partial charge on any atom is 0.323 e. The van der Waals surface area contributed by atoms with Crippen molar-refractivity contribution >= 4 is 73.6 Å². The minimum absolute atomic E-state index is 0.271. The molecular weight excluding hydrogens is 555 g/mol. The van der Waals surface area contributed by atoms with E-state index < -0.39 is 5.97 Å². The Morgan fingerprint density at radius 3 is 2.74 bits per heavy atom. The SMILES string of the molecule is CCN1SC(=c2sc(=Cc3ccc4c(c3)[C@@H]3CCC[C@@H]3N4Cc3ccccc3)c(=O)n2CC(=O)O)SC1=S. The fourth-order valence-electron chi connectivity index (χ4n) is 5.72. The van der Waals surface area contributed by atoms with Gasteiger partial charge in [-0.25, -0.2) is 0 Å². The fourth-order valence-corrected chi connectivity index (χ4v) is 9.86. The third-order valence-electron chi connectivity index (χ3n) is 7.37. The number of carboxylic acids is 1. The molecular formula is C28H27N3O3S4. The zero-order valence-electron chi connectivity index (χ0n) is 20.8. The highest BCUT2D eigenvalue weighted by molar-refractivity contribution is 8.44. The number of aromatic nitrogens is 1. The smallest absolute Gasteiger partial charge is 0.323 e. The van der Waals surface area contributed by atoms with Crippen LogP contribution in [0.4, 0.5) is 5.69 Å². The molecule has 6 rings (SSSR count). The molecule has 0 amide bonds. The van der Waals surface area contributed by atoms with Crippen LogP contribution in [-0.2, 0) is 17.9 Å². The Labute approximate surface area is 238 Å². The lowest BCUT2D eigenvalue weighted by atomic mass is 9.96. The van der Waals surface area contributed by atoms with E-state index in [0.29, 0.717) is 21.2 Å². The maximum absolute atomic E-state index is 13.4. The van der Waals surface area contributed by atoms with Crippen LogP contribution in [0.2, 0.25) is 0 Å². The lowest BCUT2D eigenvalue weighted by molar-refractivity contribution is -0.137. The van der Waals surface area contributed by atoms with E-state index in [4.69, 9.17) is 12.2 Å². The number of nitrogens with zero attached hydrogens (tertiary/aromatic N) is 3. The molecule has 1 aromatic heterocycles. The quantitative estimate of drug-likeness (QED) is 0.336. The summed E-state index contributed by atoms with van der Waals surface area (Å²) >= 11 is 9.71. The van der Waals surface area contributed by atoms with Gasteiger partial charge in [0.15, 0.2) is 4.32 Å². The summed E-state index contributed by atoms with van der Waals surface area (Å²) in [5.74, 6) is -0.531. The van der Waals surface area contributed by atoms with Crippen molar-refractivity contribution in [2.24, 2.45) is 0 Å². The molecule has 3 aliphatic rings. The zero-order valence-corrected chi connectivity index (χ0v) is 24.1. The number of hydrogen-bond donors (Lipinski definition) is 1. The van der Waals surface area contributed by atoms with Gasteiger partial charge in [0.25, 0.3) is 5.56 Å². The lowest BCUT2D eigenvalue weighted by Crippen LogP contribution is -2.34. The number of rotatable bonds is 6. The van der Waals surface area contributed by atoms with E-state index in [1.807, 2.05) is 17.3 Å². The van der Waals surface area contributed by atoms with Crippen LogP contribution in [0.3, 0.4) is 0 Å². The number of fused-ring (bicyclic) bond motifs is 3. The second kappa shape index (κ2) is 10.6. The highest BCUT2D eigenvalue weighted by Crippen LogP contribution is 2.50. The normalized spacial score (nSPS) is 22.3. The van der Waals surface area contributed by atoms with E-state index in [0.717, 1.165) is 27.2 Å². The standard InChI is InChI=1S/C28H27N3O3S4/c1-2-31-28(35)37-27(38-31)26-30(16-24(32)33)25(34)23(36-26)14-18-11-12-22-20(13-18)19-9-6-10-21(19)29(22)15-17-7-4-3-5-8-17/h3-5,7-8,11-14,19,21H,2,6,9-10,15-16H2,1H3,(H,32,33)/t19-,21-/m0/s1. The minimum atomic E-state index is -1.04. The molecule has 2 fully saturated rings. The lowest BCUT2D eigenvalue weighted by Gasteiger charge is -2.27. The van der Waals surface area contributed by atoms with Gasteiger partial charge in [-0.1, -0.05) is 55.0 Å². The van der Waals surface area contributed by atoms with Gasteiger partial charge in [-0.2, -0.15) is 0 Å². The second-order valence-electron chi connectivity index (χ2n) is 9.68. The van der Waals surface area contributed by atoms with Crippen molar-refractivity contribution in [3.8, 4) is 0 Å². The largest absolute Gasteiger partial charge is 0.480 e. The zero-order chi connectivity index (χ0) is 26.4. The molecule has 3 heterocycles. The molecule has 0 unspecified atom stereocenters. The Kier molecular flexibility index (Phi) is 7.15. The predicted octanol–water partition coefficient (Wildman–Crippen LogP) is 4.55. The number of thioether (sulfide) groups is 1. The Bertz CT molecular complexity index is 1600. The van der Waals surface area contributed by atoms with E-state index in [9.17, 15) is 14.7 Å². The van der Waals surface area contributed by atoms with E-state index in [2.05, 4.69) is 53.4 Å². The van der Waals surface area contributed by atoms with E-state index in [1.165, 1.54) is 75.7 Å². The van der Waals surface area contributed by atoms with Crippen LogP contribution in [0.25, 0.3) is 10.3 Å². The first-order valence-electron chi connectivity index (χ1n) is 12.7. The highest BCUT2D eigenvalue weighted by Gasteiger charge is 2.41. The summed E-state index contributed by atoms with van der Waals surface area (Å²) in [5.41, 5.74) is 4.67. The van der Waals surface area contributed by atoms with Gasteiger partial charge in [-0.15, -0.1) is 11.3 Å². The minimum Gasteiger partial charge on any atom is -0.480 e. The van der Waals surface area contributed by atoms with Gasteiger partial charge < -0.3 is 10.0 Å². The van der Waals surface area contributed by atoms with E-state index in [1.54, 1.807) is 0 Å². The maximum atomic E-state index is 13.4. The van der Waals surface area contributed by atoms with Gasteiger partial charge in [-0.3, -0.25) is 18.5 Å². The molecule has 0 bridgehead atoms. The molecule has 1 aliphatic carbocycles.